The van der Waals surface area contributed by atoms with Gasteiger partial charge in [0.15, 0.2) is 5.78 Å². The van der Waals surface area contributed by atoms with E-state index in [0.717, 1.165) is 15.6 Å². The highest BCUT2D eigenvalue weighted by Gasteiger charge is 2.14. The van der Waals surface area contributed by atoms with Crippen LogP contribution in [0.3, 0.4) is 0 Å². The fourth-order valence-corrected chi connectivity index (χ4v) is 3.25. The summed E-state index contributed by atoms with van der Waals surface area (Å²) in [6, 6.07) is 22.5. The summed E-state index contributed by atoms with van der Waals surface area (Å²) in [5, 5.41) is 0.631. The Morgan fingerprint density at radius 3 is 2.27 bits per heavy atom. The van der Waals surface area contributed by atoms with Crippen LogP contribution in [0.25, 0.3) is 11.1 Å². The molecule has 0 unspecified atom stereocenters. The van der Waals surface area contributed by atoms with E-state index in [1.165, 1.54) is 0 Å². The maximum atomic E-state index is 12.8. The molecule has 0 amide bonds. The van der Waals surface area contributed by atoms with Gasteiger partial charge in [0.2, 0.25) is 0 Å². The summed E-state index contributed by atoms with van der Waals surface area (Å²) in [6.07, 6.45) is 0. The fourth-order valence-electron chi connectivity index (χ4n) is 2.39. The standard InChI is InChI=1S/C19H12BrClO/c20-15-10-14(11-16(21)12-15)17-8-4-5-9-18(17)19(22)13-6-2-1-3-7-13/h1-12H. The van der Waals surface area contributed by atoms with Crippen molar-refractivity contribution < 1.29 is 4.79 Å². The minimum Gasteiger partial charge on any atom is -0.289 e. The topological polar surface area (TPSA) is 17.1 Å². The molecule has 0 fully saturated rings. The second-order valence-electron chi connectivity index (χ2n) is 4.90. The zero-order valence-electron chi connectivity index (χ0n) is 11.6. The Labute approximate surface area is 142 Å². The molecule has 0 aliphatic rings. The summed E-state index contributed by atoms with van der Waals surface area (Å²) in [7, 11) is 0. The third-order valence-electron chi connectivity index (χ3n) is 3.38. The number of hydrogen-bond donors (Lipinski definition) is 0. The van der Waals surface area contributed by atoms with Crippen LogP contribution in [0.5, 0.6) is 0 Å². The molecule has 0 bridgehead atoms. The van der Waals surface area contributed by atoms with E-state index in [0.29, 0.717) is 16.1 Å². The monoisotopic (exact) mass is 370 g/mol. The second kappa shape index (κ2) is 6.47. The molecule has 3 aromatic rings. The van der Waals surface area contributed by atoms with Crippen molar-refractivity contribution in [3.8, 4) is 11.1 Å². The summed E-state index contributed by atoms with van der Waals surface area (Å²) in [5.74, 6) is 0.00676. The number of carbonyl (C=O) groups excluding carboxylic acids is 1. The van der Waals surface area contributed by atoms with Crippen molar-refractivity contribution in [2.24, 2.45) is 0 Å². The van der Waals surface area contributed by atoms with Crippen LogP contribution in [0.15, 0.2) is 77.3 Å². The van der Waals surface area contributed by atoms with E-state index < -0.39 is 0 Å². The Kier molecular flexibility index (Phi) is 4.41. The van der Waals surface area contributed by atoms with Crippen molar-refractivity contribution in [2.45, 2.75) is 0 Å². The first-order valence-electron chi connectivity index (χ1n) is 6.80. The lowest BCUT2D eigenvalue weighted by Gasteiger charge is -2.10. The Bertz CT molecular complexity index is 808. The van der Waals surface area contributed by atoms with Gasteiger partial charge in [0.05, 0.1) is 0 Å². The van der Waals surface area contributed by atoms with Gasteiger partial charge in [-0.1, -0.05) is 82.1 Å². The van der Waals surface area contributed by atoms with Crippen LogP contribution in [0.2, 0.25) is 5.02 Å². The molecule has 0 N–H and O–H groups in total. The van der Waals surface area contributed by atoms with Crippen molar-refractivity contribution in [3.63, 3.8) is 0 Å². The van der Waals surface area contributed by atoms with Gasteiger partial charge in [-0.05, 0) is 29.3 Å². The van der Waals surface area contributed by atoms with E-state index in [2.05, 4.69) is 15.9 Å². The molecule has 3 aromatic carbocycles. The molecule has 0 spiro atoms. The summed E-state index contributed by atoms with van der Waals surface area (Å²) >= 11 is 9.58. The van der Waals surface area contributed by atoms with Gasteiger partial charge in [-0.25, -0.2) is 0 Å². The molecule has 0 aliphatic heterocycles. The number of hydrogen-bond acceptors (Lipinski definition) is 1. The molecule has 0 saturated carbocycles. The normalized spacial score (nSPS) is 10.5. The minimum atomic E-state index is 0.00676. The van der Waals surface area contributed by atoms with Crippen LogP contribution in [-0.2, 0) is 0 Å². The smallest absolute Gasteiger partial charge is 0.193 e. The first-order valence-corrected chi connectivity index (χ1v) is 7.97. The SMILES string of the molecule is O=C(c1ccccc1)c1ccccc1-c1cc(Cl)cc(Br)c1. The second-order valence-corrected chi connectivity index (χ2v) is 6.25. The third-order valence-corrected chi connectivity index (χ3v) is 4.06. The van der Waals surface area contributed by atoms with Gasteiger partial charge in [0.25, 0.3) is 0 Å². The van der Waals surface area contributed by atoms with E-state index >= 15 is 0 Å². The summed E-state index contributed by atoms with van der Waals surface area (Å²) in [5.41, 5.74) is 3.14. The maximum absolute atomic E-state index is 12.8. The Morgan fingerprint density at radius 1 is 0.864 bits per heavy atom. The van der Waals surface area contributed by atoms with Gasteiger partial charge in [-0.15, -0.1) is 0 Å². The highest BCUT2D eigenvalue weighted by atomic mass is 79.9. The summed E-state index contributed by atoms with van der Waals surface area (Å²) < 4.78 is 0.886. The lowest BCUT2D eigenvalue weighted by molar-refractivity contribution is 0.103. The van der Waals surface area contributed by atoms with Crippen molar-refractivity contribution in [1.29, 1.82) is 0 Å². The van der Waals surface area contributed by atoms with Crippen molar-refractivity contribution in [1.82, 2.24) is 0 Å². The number of ketones is 1. The number of carbonyl (C=O) groups is 1. The summed E-state index contributed by atoms with van der Waals surface area (Å²) in [4.78, 5) is 12.8. The number of halogens is 2. The molecule has 0 radical (unpaired) electrons. The summed E-state index contributed by atoms with van der Waals surface area (Å²) in [6.45, 7) is 0. The highest BCUT2D eigenvalue weighted by molar-refractivity contribution is 9.10. The molecular weight excluding hydrogens is 360 g/mol. The Morgan fingerprint density at radius 2 is 1.55 bits per heavy atom. The molecule has 3 heteroatoms. The van der Waals surface area contributed by atoms with Gasteiger partial charge >= 0.3 is 0 Å². The first-order chi connectivity index (χ1) is 10.6. The molecular formula is C19H12BrClO. The zero-order valence-corrected chi connectivity index (χ0v) is 13.9. The van der Waals surface area contributed by atoms with Crippen LogP contribution in [0.4, 0.5) is 0 Å². The van der Waals surface area contributed by atoms with Crippen LogP contribution >= 0.6 is 27.5 Å². The zero-order chi connectivity index (χ0) is 15.5. The van der Waals surface area contributed by atoms with Crippen molar-refractivity contribution in [2.75, 3.05) is 0 Å². The predicted octanol–water partition coefficient (Wildman–Crippen LogP) is 6.00. The Hall–Kier alpha value is -1.90. The molecule has 0 heterocycles. The fraction of sp³-hybridized carbons (Fsp3) is 0. The van der Waals surface area contributed by atoms with E-state index in [9.17, 15) is 4.79 Å². The number of benzene rings is 3. The maximum Gasteiger partial charge on any atom is 0.193 e. The first kappa shape index (κ1) is 15.0. The molecule has 108 valence electrons. The highest BCUT2D eigenvalue weighted by Crippen LogP contribution is 2.30. The minimum absolute atomic E-state index is 0.00676. The van der Waals surface area contributed by atoms with Crippen LogP contribution in [0, 0.1) is 0 Å². The van der Waals surface area contributed by atoms with Gasteiger partial charge < -0.3 is 0 Å². The van der Waals surface area contributed by atoms with Crippen LogP contribution in [-0.4, -0.2) is 5.78 Å². The van der Waals surface area contributed by atoms with Gasteiger partial charge in [-0.2, -0.15) is 0 Å². The quantitative estimate of drug-likeness (QED) is 0.516. The average molecular weight is 372 g/mol. The lowest BCUT2D eigenvalue weighted by atomic mass is 9.94. The molecule has 0 aliphatic carbocycles. The van der Waals surface area contributed by atoms with Crippen LogP contribution < -0.4 is 0 Å². The van der Waals surface area contributed by atoms with Gasteiger partial charge in [-0.3, -0.25) is 4.79 Å². The van der Waals surface area contributed by atoms with Gasteiger partial charge in [0.1, 0.15) is 0 Å². The van der Waals surface area contributed by atoms with Gasteiger partial charge in [0, 0.05) is 20.6 Å². The molecule has 3 rings (SSSR count). The average Bonchev–Trinajstić information content (AvgIpc) is 2.54. The molecule has 1 nitrogen and oxygen atoms in total. The molecule has 0 atom stereocenters. The third kappa shape index (κ3) is 3.13. The molecule has 22 heavy (non-hydrogen) atoms. The van der Waals surface area contributed by atoms with Crippen molar-refractivity contribution >= 4 is 33.3 Å². The predicted molar refractivity (Wildman–Crippen MR) is 94.5 cm³/mol. The van der Waals surface area contributed by atoms with E-state index in [1.807, 2.05) is 72.8 Å². The van der Waals surface area contributed by atoms with E-state index in [-0.39, 0.29) is 5.78 Å². The van der Waals surface area contributed by atoms with E-state index in [4.69, 9.17) is 11.6 Å². The Balaban J connectivity index is 2.13. The molecule has 0 aromatic heterocycles. The van der Waals surface area contributed by atoms with E-state index in [1.54, 1.807) is 0 Å². The van der Waals surface area contributed by atoms with Crippen LogP contribution in [0.1, 0.15) is 15.9 Å². The lowest BCUT2D eigenvalue weighted by Crippen LogP contribution is -2.03. The largest absolute Gasteiger partial charge is 0.289 e. The number of rotatable bonds is 3. The molecule has 0 saturated heterocycles. The van der Waals surface area contributed by atoms with Crippen molar-refractivity contribution in [3.05, 3.63) is 93.4 Å².